The standard InChI is InChI=1S/C22H39NO6/c1-21(2,3)28-19(25)23(20(26)29-22(4,5)6)17-15-13-11-9-8-10-12-14-16-18(24)27-7/h14,16H,8-13,15,17H2,1-7H3/b16-14+. The summed E-state index contributed by atoms with van der Waals surface area (Å²) in [4.78, 5) is 36.8. The van der Waals surface area contributed by atoms with Gasteiger partial charge in [-0.15, -0.1) is 0 Å². The number of esters is 1. The first-order valence-corrected chi connectivity index (χ1v) is 10.3. The molecule has 7 nitrogen and oxygen atoms in total. The largest absolute Gasteiger partial charge is 0.466 e. The molecule has 0 aromatic carbocycles. The highest BCUT2D eigenvalue weighted by Gasteiger charge is 2.30. The van der Waals surface area contributed by atoms with E-state index >= 15 is 0 Å². The molecule has 0 saturated heterocycles. The van der Waals surface area contributed by atoms with E-state index in [1.807, 2.05) is 6.08 Å². The van der Waals surface area contributed by atoms with Crippen LogP contribution in [-0.2, 0) is 19.0 Å². The van der Waals surface area contributed by atoms with E-state index in [-0.39, 0.29) is 12.5 Å². The van der Waals surface area contributed by atoms with Crippen molar-refractivity contribution >= 4 is 18.2 Å². The molecule has 0 rings (SSSR count). The molecule has 0 atom stereocenters. The molecule has 0 aliphatic carbocycles. The van der Waals surface area contributed by atoms with Crippen LogP contribution in [0.15, 0.2) is 12.2 Å². The Morgan fingerprint density at radius 1 is 0.759 bits per heavy atom. The van der Waals surface area contributed by atoms with Crippen molar-refractivity contribution in [1.82, 2.24) is 4.90 Å². The predicted molar refractivity (Wildman–Crippen MR) is 113 cm³/mol. The van der Waals surface area contributed by atoms with Gasteiger partial charge in [0.1, 0.15) is 11.2 Å². The lowest BCUT2D eigenvalue weighted by Gasteiger charge is -2.28. The predicted octanol–water partition coefficient (Wildman–Crippen LogP) is 5.62. The Bertz CT molecular complexity index is 514. The number of ether oxygens (including phenoxy) is 3. The highest BCUT2D eigenvalue weighted by molar-refractivity contribution is 5.88. The summed E-state index contributed by atoms with van der Waals surface area (Å²) in [5.74, 6) is -0.329. The number of imide groups is 1. The van der Waals surface area contributed by atoms with Gasteiger partial charge in [0.05, 0.1) is 7.11 Å². The fourth-order valence-corrected chi connectivity index (χ4v) is 2.38. The molecule has 0 bridgehead atoms. The van der Waals surface area contributed by atoms with Gasteiger partial charge in [0.25, 0.3) is 0 Å². The van der Waals surface area contributed by atoms with E-state index in [0.29, 0.717) is 6.42 Å². The van der Waals surface area contributed by atoms with Crippen molar-refractivity contribution < 1.29 is 28.6 Å². The molecule has 7 heteroatoms. The minimum atomic E-state index is -0.681. The van der Waals surface area contributed by atoms with Gasteiger partial charge in [-0.3, -0.25) is 0 Å². The van der Waals surface area contributed by atoms with E-state index < -0.39 is 23.4 Å². The molecule has 0 heterocycles. The summed E-state index contributed by atoms with van der Waals surface area (Å²) in [6, 6.07) is 0. The van der Waals surface area contributed by atoms with Crippen molar-refractivity contribution in [2.45, 2.75) is 97.7 Å². The van der Waals surface area contributed by atoms with E-state index in [4.69, 9.17) is 9.47 Å². The number of allylic oxidation sites excluding steroid dienone is 1. The molecule has 168 valence electrons. The van der Waals surface area contributed by atoms with Crippen molar-refractivity contribution in [2.24, 2.45) is 0 Å². The summed E-state index contributed by atoms with van der Waals surface area (Å²) < 4.78 is 15.2. The lowest BCUT2D eigenvalue weighted by molar-refractivity contribution is -0.134. The first-order valence-electron chi connectivity index (χ1n) is 10.3. The maximum absolute atomic E-state index is 12.4. The van der Waals surface area contributed by atoms with Crippen molar-refractivity contribution in [3.63, 3.8) is 0 Å². The van der Waals surface area contributed by atoms with Crippen molar-refractivity contribution in [3.05, 3.63) is 12.2 Å². The zero-order valence-electron chi connectivity index (χ0n) is 19.2. The van der Waals surface area contributed by atoms with Crippen LogP contribution in [0.1, 0.15) is 86.5 Å². The van der Waals surface area contributed by atoms with Crippen molar-refractivity contribution in [1.29, 1.82) is 0 Å². The van der Waals surface area contributed by atoms with Crippen LogP contribution in [0.4, 0.5) is 9.59 Å². The smallest absolute Gasteiger partial charge is 0.419 e. The second kappa shape index (κ2) is 13.2. The van der Waals surface area contributed by atoms with Crippen LogP contribution in [0, 0.1) is 0 Å². The molecule has 0 radical (unpaired) electrons. The summed E-state index contributed by atoms with van der Waals surface area (Å²) in [5.41, 5.74) is -1.36. The molecule has 0 aromatic heterocycles. The summed E-state index contributed by atoms with van der Waals surface area (Å²) in [6.45, 7) is 10.8. The van der Waals surface area contributed by atoms with Gasteiger partial charge in [-0.25, -0.2) is 19.3 Å². The van der Waals surface area contributed by atoms with Crippen LogP contribution in [0.2, 0.25) is 0 Å². The molecule has 0 spiro atoms. The fraction of sp³-hybridized carbons (Fsp3) is 0.773. The Morgan fingerprint density at radius 2 is 1.21 bits per heavy atom. The third-order valence-corrected chi connectivity index (χ3v) is 3.69. The molecular weight excluding hydrogens is 374 g/mol. The lowest BCUT2D eigenvalue weighted by Crippen LogP contribution is -2.44. The summed E-state index contributed by atoms with van der Waals surface area (Å²) >= 11 is 0. The number of nitrogens with zero attached hydrogens (tertiary/aromatic N) is 1. The SMILES string of the molecule is COC(=O)/C=C/CCCCCCCCN(C(=O)OC(C)(C)C)C(=O)OC(C)(C)C. The number of unbranched alkanes of at least 4 members (excludes halogenated alkanes) is 6. The number of carbonyl (C=O) groups is 3. The van der Waals surface area contributed by atoms with Crippen molar-refractivity contribution in [2.75, 3.05) is 13.7 Å². The maximum atomic E-state index is 12.4. The number of methoxy groups -OCH3 is 1. The third kappa shape index (κ3) is 15.5. The Kier molecular flexibility index (Phi) is 12.3. The van der Waals surface area contributed by atoms with Crippen LogP contribution in [0.5, 0.6) is 0 Å². The molecular formula is C22H39NO6. The number of hydrogen-bond donors (Lipinski definition) is 0. The molecule has 0 fully saturated rings. The highest BCUT2D eigenvalue weighted by Crippen LogP contribution is 2.16. The fourth-order valence-electron chi connectivity index (χ4n) is 2.38. The normalized spacial score (nSPS) is 12.0. The van der Waals surface area contributed by atoms with Crippen LogP contribution >= 0.6 is 0 Å². The summed E-state index contributed by atoms with van der Waals surface area (Å²) in [5, 5.41) is 0. The molecule has 0 unspecified atom stereocenters. The van der Waals surface area contributed by atoms with Crippen LogP contribution < -0.4 is 0 Å². The van der Waals surface area contributed by atoms with E-state index in [2.05, 4.69) is 4.74 Å². The average Bonchev–Trinajstić information content (AvgIpc) is 2.55. The van der Waals surface area contributed by atoms with Crippen LogP contribution in [0.3, 0.4) is 0 Å². The average molecular weight is 414 g/mol. The zero-order valence-corrected chi connectivity index (χ0v) is 19.2. The quantitative estimate of drug-likeness (QED) is 0.200. The third-order valence-electron chi connectivity index (χ3n) is 3.69. The Labute approximate surface area is 175 Å². The van der Waals surface area contributed by atoms with Gasteiger partial charge < -0.3 is 14.2 Å². The first kappa shape index (κ1) is 27.0. The molecule has 0 aliphatic heterocycles. The second-order valence-electron chi connectivity index (χ2n) is 8.95. The summed E-state index contributed by atoms with van der Waals surface area (Å²) in [6.07, 6.45) is 8.51. The van der Waals surface area contributed by atoms with Gasteiger partial charge in [-0.05, 0) is 60.8 Å². The number of rotatable bonds is 10. The van der Waals surface area contributed by atoms with E-state index in [1.54, 1.807) is 41.5 Å². The monoisotopic (exact) mass is 413 g/mol. The molecule has 0 aromatic rings. The Balaban J connectivity index is 4.29. The van der Waals surface area contributed by atoms with Crippen LogP contribution in [-0.4, -0.2) is 47.9 Å². The van der Waals surface area contributed by atoms with E-state index in [0.717, 1.165) is 43.4 Å². The molecule has 0 N–H and O–H groups in total. The number of carbonyl (C=O) groups excluding carboxylic acids is 3. The number of amides is 2. The summed E-state index contributed by atoms with van der Waals surface area (Å²) in [7, 11) is 1.36. The molecule has 2 amide bonds. The Hall–Kier alpha value is -2.05. The van der Waals surface area contributed by atoms with Gasteiger partial charge in [-0.1, -0.05) is 31.8 Å². The second-order valence-corrected chi connectivity index (χ2v) is 8.95. The zero-order chi connectivity index (χ0) is 22.5. The number of hydrogen-bond acceptors (Lipinski definition) is 6. The maximum Gasteiger partial charge on any atom is 0.419 e. The van der Waals surface area contributed by atoms with Gasteiger partial charge in [0.15, 0.2) is 0 Å². The van der Waals surface area contributed by atoms with Crippen molar-refractivity contribution in [3.8, 4) is 0 Å². The van der Waals surface area contributed by atoms with Gasteiger partial charge >= 0.3 is 18.2 Å². The van der Waals surface area contributed by atoms with E-state index in [9.17, 15) is 14.4 Å². The van der Waals surface area contributed by atoms with Gasteiger partial charge in [-0.2, -0.15) is 0 Å². The molecule has 29 heavy (non-hydrogen) atoms. The lowest BCUT2D eigenvalue weighted by atomic mass is 10.1. The molecule has 0 saturated carbocycles. The topological polar surface area (TPSA) is 82.1 Å². The minimum absolute atomic E-state index is 0.270. The Morgan fingerprint density at radius 3 is 1.66 bits per heavy atom. The van der Waals surface area contributed by atoms with E-state index in [1.165, 1.54) is 13.2 Å². The minimum Gasteiger partial charge on any atom is -0.466 e. The highest BCUT2D eigenvalue weighted by atomic mass is 16.6. The first-order chi connectivity index (χ1) is 13.4. The molecule has 0 aliphatic rings. The van der Waals surface area contributed by atoms with Gasteiger partial charge in [0.2, 0.25) is 0 Å². The van der Waals surface area contributed by atoms with Gasteiger partial charge in [0, 0.05) is 12.6 Å². The van der Waals surface area contributed by atoms with Crippen LogP contribution in [0.25, 0.3) is 0 Å².